The highest BCUT2D eigenvalue weighted by atomic mass is 15.2. The molecule has 0 aromatic heterocycles. The quantitative estimate of drug-likeness (QED) is 0.882. The third-order valence-corrected chi connectivity index (χ3v) is 4.83. The fourth-order valence-corrected chi connectivity index (χ4v) is 3.31. The van der Waals surface area contributed by atoms with Crippen LogP contribution < -0.4 is 5.32 Å². The molecule has 1 heterocycles. The highest BCUT2D eigenvalue weighted by Gasteiger charge is 2.25. The fourth-order valence-electron chi connectivity index (χ4n) is 3.31. The van der Waals surface area contributed by atoms with E-state index in [9.17, 15) is 0 Å². The minimum Gasteiger partial charge on any atom is -0.312 e. The van der Waals surface area contributed by atoms with Gasteiger partial charge in [0, 0.05) is 18.6 Å². The zero-order valence-corrected chi connectivity index (χ0v) is 13.5. The molecule has 0 bridgehead atoms. The Morgan fingerprint density at radius 3 is 2.50 bits per heavy atom. The van der Waals surface area contributed by atoms with Crippen LogP contribution in [0.4, 0.5) is 0 Å². The summed E-state index contributed by atoms with van der Waals surface area (Å²) in [5, 5.41) is 3.49. The van der Waals surface area contributed by atoms with Gasteiger partial charge in [0.1, 0.15) is 0 Å². The van der Waals surface area contributed by atoms with Crippen LogP contribution in [0.3, 0.4) is 0 Å². The Bertz CT molecular complexity index is 398. The maximum atomic E-state index is 3.49. The Morgan fingerprint density at radius 2 is 1.95 bits per heavy atom. The molecule has 0 spiro atoms. The van der Waals surface area contributed by atoms with Crippen LogP contribution in [-0.4, -0.2) is 31.1 Å². The maximum Gasteiger partial charge on any atom is 0.0446 e. The molecular weight excluding hydrogens is 244 g/mol. The predicted molar refractivity (Wildman–Crippen MR) is 87.1 cm³/mol. The largest absolute Gasteiger partial charge is 0.312 e. The van der Waals surface area contributed by atoms with Gasteiger partial charge >= 0.3 is 0 Å². The van der Waals surface area contributed by atoms with Crippen molar-refractivity contribution in [2.75, 3.05) is 20.1 Å². The molecule has 1 aromatic rings. The van der Waals surface area contributed by atoms with Crippen LogP contribution >= 0.6 is 0 Å². The topological polar surface area (TPSA) is 15.3 Å². The third kappa shape index (κ3) is 3.83. The average molecular weight is 274 g/mol. The van der Waals surface area contributed by atoms with E-state index in [2.05, 4.69) is 62.3 Å². The normalized spacial score (nSPS) is 25.6. The first-order valence-corrected chi connectivity index (χ1v) is 8.14. The number of piperidine rings is 1. The lowest BCUT2D eigenvalue weighted by molar-refractivity contribution is 0.118. The van der Waals surface area contributed by atoms with Crippen molar-refractivity contribution in [3.63, 3.8) is 0 Å². The Balaban J connectivity index is 2.00. The molecule has 3 atom stereocenters. The number of benzene rings is 1. The number of hydrogen-bond donors (Lipinski definition) is 1. The van der Waals surface area contributed by atoms with E-state index in [1.165, 1.54) is 30.5 Å². The van der Waals surface area contributed by atoms with Crippen molar-refractivity contribution in [2.45, 2.75) is 52.1 Å². The minimum atomic E-state index is 0.441. The van der Waals surface area contributed by atoms with Crippen molar-refractivity contribution >= 4 is 0 Å². The summed E-state index contributed by atoms with van der Waals surface area (Å²) < 4.78 is 0. The Hall–Kier alpha value is -0.860. The summed E-state index contributed by atoms with van der Waals surface area (Å²) in [5.74, 6) is 0.887. The fraction of sp³-hybridized carbons (Fsp3) is 0.667. The number of hydrogen-bond acceptors (Lipinski definition) is 2. The van der Waals surface area contributed by atoms with Crippen molar-refractivity contribution in [3.8, 4) is 0 Å². The number of rotatable bonds is 5. The van der Waals surface area contributed by atoms with Gasteiger partial charge in [0.15, 0.2) is 0 Å². The van der Waals surface area contributed by atoms with E-state index in [4.69, 9.17) is 0 Å². The Morgan fingerprint density at radius 1 is 1.25 bits per heavy atom. The van der Waals surface area contributed by atoms with Gasteiger partial charge in [-0.1, -0.05) is 38.1 Å². The molecule has 1 aliphatic heterocycles. The number of aryl methyl sites for hydroxylation is 1. The Kier molecular flexibility index (Phi) is 5.62. The molecule has 112 valence electrons. The summed E-state index contributed by atoms with van der Waals surface area (Å²) in [6.07, 6.45) is 3.80. The zero-order valence-electron chi connectivity index (χ0n) is 13.5. The molecule has 1 aromatic carbocycles. The van der Waals surface area contributed by atoms with Crippen molar-refractivity contribution in [1.82, 2.24) is 10.2 Å². The van der Waals surface area contributed by atoms with Gasteiger partial charge in [-0.05, 0) is 56.8 Å². The van der Waals surface area contributed by atoms with E-state index in [0.29, 0.717) is 12.1 Å². The molecule has 3 unspecified atom stereocenters. The smallest absolute Gasteiger partial charge is 0.0446 e. The summed E-state index contributed by atoms with van der Waals surface area (Å²) in [6, 6.07) is 10.3. The molecule has 0 radical (unpaired) electrons. The molecule has 1 saturated heterocycles. The first-order valence-electron chi connectivity index (χ1n) is 8.14. The Labute approximate surface area is 124 Å². The van der Waals surface area contributed by atoms with Gasteiger partial charge in [0.25, 0.3) is 0 Å². The van der Waals surface area contributed by atoms with E-state index >= 15 is 0 Å². The van der Waals surface area contributed by atoms with E-state index in [1.807, 2.05) is 0 Å². The summed E-state index contributed by atoms with van der Waals surface area (Å²) in [7, 11) is 2.08. The standard InChI is InChI=1S/C18H30N2/c1-5-16-6-8-17(9-7-16)18(19-4)13-20-11-10-14(2)12-15(20)3/h6-9,14-15,18-19H,5,10-13H2,1-4H3. The summed E-state index contributed by atoms with van der Waals surface area (Å²) in [5.41, 5.74) is 2.83. The van der Waals surface area contributed by atoms with Gasteiger partial charge in [0.05, 0.1) is 0 Å². The lowest BCUT2D eigenvalue weighted by Crippen LogP contribution is -2.44. The maximum absolute atomic E-state index is 3.49. The minimum absolute atomic E-state index is 0.441. The van der Waals surface area contributed by atoms with Crippen LogP contribution in [0.1, 0.15) is 50.8 Å². The van der Waals surface area contributed by atoms with Gasteiger partial charge in [-0.15, -0.1) is 0 Å². The van der Waals surface area contributed by atoms with Crippen LogP contribution in [0.2, 0.25) is 0 Å². The summed E-state index contributed by atoms with van der Waals surface area (Å²) >= 11 is 0. The first-order chi connectivity index (χ1) is 9.63. The van der Waals surface area contributed by atoms with Crippen molar-refractivity contribution in [3.05, 3.63) is 35.4 Å². The van der Waals surface area contributed by atoms with Gasteiger partial charge in [0.2, 0.25) is 0 Å². The zero-order chi connectivity index (χ0) is 14.5. The second-order valence-electron chi connectivity index (χ2n) is 6.41. The summed E-state index contributed by atoms with van der Waals surface area (Å²) in [4.78, 5) is 2.65. The van der Waals surface area contributed by atoms with Crippen LogP contribution in [-0.2, 0) is 6.42 Å². The number of likely N-dealkylation sites (tertiary alicyclic amines) is 1. The van der Waals surface area contributed by atoms with Crippen LogP contribution in [0.15, 0.2) is 24.3 Å². The van der Waals surface area contributed by atoms with Gasteiger partial charge in [-0.25, -0.2) is 0 Å². The highest BCUT2D eigenvalue weighted by Crippen LogP contribution is 2.25. The lowest BCUT2D eigenvalue weighted by atomic mass is 9.92. The van der Waals surface area contributed by atoms with E-state index in [-0.39, 0.29) is 0 Å². The van der Waals surface area contributed by atoms with Crippen LogP contribution in [0, 0.1) is 5.92 Å². The van der Waals surface area contributed by atoms with E-state index in [1.54, 1.807) is 0 Å². The molecule has 2 rings (SSSR count). The highest BCUT2D eigenvalue weighted by molar-refractivity contribution is 5.25. The van der Waals surface area contributed by atoms with Crippen LogP contribution in [0.5, 0.6) is 0 Å². The van der Waals surface area contributed by atoms with E-state index < -0.39 is 0 Å². The lowest BCUT2D eigenvalue weighted by Gasteiger charge is -2.38. The van der Waals surface area contributed by atoms with E-state index in [0.717, 1.165) is 18.9 Å². The summed E-state index contributed by atoms with van der Waals surface area (Å²) in [6.45, 7) is 9.33. The number of nitrogens with one attached hydrogen (secondary N) is 1. The number of likely N-dealkylation sites (N-methyl/N-ethyl adjacent to an activating group) is 1. The van der Waals surface area contributed by atoms with Gasteiger partial charge in [-0.3, -0.25) is 4.90 Å². The van der Waals surface area contributed by atoms with Gasteiger partial charge < -0.3 is 5.32 Å². The second-order valence-corrected chi connectivity index (χ2v) is 6.41. The van der Waals surface area contributed by atoms with Crippen molar-refractivity contribution in [2.24, 2.45) is 5.92 Å². The molecule has 1 aliphatic rings. The molecule has 20 heavy (non-hydrogen) atoms. The number of nitrogens with zero attached hydrogens (tertiary/aromatic N) is 1. The SMILES string of the molecule is CCc1ccc(C(CN2CCC(C)CC2C)NC)cc1. The predicted octanol–water partition coefficient (Wildman–Crippen LogP) is 3.63. The average Bonchev–Trinajstić information content (AvgIpc) is 2.47. The van der Waals surface area contributed by atoms with Crippen molar-refractivity contribution in [1.29, 1.82) is 0 Å². The van der Waals surface area contributed by atoms with Crippen molar-refractivity contribution < 1.29 is 0 Å². The molecule has 2 nitrogen and oxygen atoms in total. The molecule has 0 amide bonds. The molecule has 1 N–H and O–H groups in total. The first kappa shape index (κ1) is 15.5. The molecule has 0 aliphatic carbocycles. The molecule has 0 saturated carbocycles. The third-order valence-electron chi connectivity index (χ3n) is 4.83. The molecular formula is C18H30N2. The van der Waals surface area contributed by atoms with Crippen LogP contribution in [0.25, 0.3) is 0 Å². The monoisotopic (exact) mass is 274 g/mol. The van der Waals surface area contributed by atoms with Gasteiger partial charge in [-0.2, -0.15) is 0 Å². The molecule has 1 fully saturated rings. The second kappa shape index (κ2) is 7.24. The molecule has 2 heteroatoms.